The van der Waals surface area contributed by atoms with Gasteiger partial charge in [-0.1, -0.05) is 12.1 Å². The van der Waals surface area contributed by atoms with Gasteiger partial charge in [-0.15, -0.1) is 0 Å². The van der Waals surface area contributed by atoms with Gasteiger partial charge in [-0.2, -0.15) is 0 Å². The third-order valence-electron chi connectivity index (χ3n) is 2.75. The van der Waals surface area contributed by atoms with E-state index in [1.807, 2.05) is 13.8 Å². The van der Waals surface area contributed by atoms with Crippen molar-refractivity contribution in [2.24, 2.45) is 5.73 Å². The molecule has 4 nitrogen and oxygen atoms in total. The highest BCUT2D eigenvalue weighted by atomic mass is 19.1. The Balaban J connectivity index is 2.68. The number of amides is 1. The second-order valence-corrected chi connectivity index (χ2v) is 4.56. The largest absolute Gasteiger partial charge is 0.387 e. The van der Waals surface area contributed by atoms with E-state index >= 15 is 0 Å². The fourth-order valence-electron chi connectivity index (χ4n) is 1.67. The summed E-state index contributed by atoms with van der Waals surface area (Å²) >= 11 is 0. The van der Waals surface area contributed by atoms with Crippen LogP contribution >= 0.6 is 0 Å². The van der Waals surface area contributed by atoms with Crippen molar-refractivity contribution in [2.45, 2.75) is 26.0 Å². The number of benzene rings is 1. The zero-order valence-electron chi connectivity index (χ0n) is 10.6. The SMILES string of the molecule is CC(C)N(CC(N)=O)CC(O)c1ccc(F)cc1. The van der Waals surface area contributed by atoms with Gasteiger partial charge in [0.25, 0.3) is 0 Å². The van der Waals surface area contributed by atoms with E-state index in [1.165, 1.54) is 24.3 Å². The van der Waals surface area contributed by atoms with Crippen LogP contribution in [0.2, 0.25) is 0 Å². The predicted octanol–water partition coefficient (Wildman–Crippen LogP) is 1.05. The number of hydrogen-bond donors (Lipinski definition) is 2. The van der Waals surface area contributed by atoms with Gasteiger partial charge in [0.1, 0.15) is 5.82 Å². The number of aliphatic hydroxyl groups excluding tert-OH is 1. The summed E-state index contributed by atoms with van der Waals surface area (Å²) in [5, 5.41) is 10.0. The number of nitrogens with two attached hydrogens (primary N) is 1. The summed E-state index contributed by atoms with van der Waals surface area (Å²) < 4.78 is 12.8. The zero-order chi connectivity index (χ0) is 13.7. The first-order valence-corrected chi connectivity index (χ1v) is 5.86. The molecule has 0 aliphatic rings. The first-order valence-electron chi connectivity index (χ1n) is 5.86. The molecule has 0 aliphatic carbocycles. The Morgan fingerprint density at radius 3 is 2.39 bits per heavy atom. The van der Waals surface area contributed by atoms with Gasteiger partial charge in [-0.25, -0.2) is 4.39 Å². The molecule has 0 aromatic heterocycles. The minimum absolute atomic E-state index is 0.0904. The van der Waals surface area contributed by atoms with E-state index in [9.17, 15) is 14.3 Å². The lowest BCUT2D eigenvalue weighted by atomic mass is 10.1. The minimum atomic E-state index is -0.771. The molecule has 1 aromatic carbocycles. The molecule has 0 aliphatic heterocycles. The van der Waals surface area contributed by atoms with Crippen LogP contribution in [-0.4, -0.2) is 35.0 Å². The molecule has 3 N–H and O–H groups in total. The van der Waals surface area contributed by atoms with Gasteiger partial charge in [0.15, 0.2) is 0 Å². The van der Waals surface area contributed by atoms with Crippen molar-refractivity contribution < 1.29 is 14.3 Å². The first-order chi connectivity index (χ1) is 8.40. The third-order valence-corrected chi connectivity index (χ3v) is 2.75. The molecular formula is C13H19FN2O2. The normalized spacial score (nSPS) is 13.0. The molecule has 0 bridgehead atoms. The molecule has 0 radical (unpaired) electrons. The van der Waals surface area contributed by atoms with E-state index in [2.05, 4.69) is 0 Å². The number of aliphatic hydroxyl groups is 1. The Bertz CT molecular complexity index is 392. The van der Waals surface area contributed by atoms with Crippen LogP contribution in [0.15, 0.2) is 24.3 Å². The molecule has 1 amide bonds. The van der Waals surface area contributed by atoms with Crippen molar-refractivity contribution in [1.82, 2.24) is 4.90 Å². The van der Waals surface area contributed by atoms with Crippen molar-refractivity contribution in [3.8, 4) is 0 Å². The molecule has 100 valence electrons. The molecular weight excluding hydrogens is 235 g/mol. The van der Waals surface area contributed by atoms with Gasteiger partial charge in [0.2, 0.25) is 5.91 Å². The molecule has 0 saturated heterocycles. The highest BCUT2D eigenvalue weighted by Gasteiger charge is 2.17. The number of rotatable bonds is 6. The lowest BCUT2D eigenvalue weighted by molar-refractivity contribution is -0.119. The summed E-state index contributed by atoms with van der Waals surface area (Å²) in [6, 6.07) is 5.75. The summed E-state index contributed by atoms with van der Waals surface area (Å²) in [5.74, 6) is -0.779. The van der Waals surface area contributed by atoms with Crippen LogP contribution < -0.4 is 5.73 Å². The van der Waals surface area contributed by atoms with Crippen LogP contribution in [-0.2, 0) is 4.79 Å². The van der Waals surface area contributed by atoms with Crippen molar-refractivity contribution in [1.29, 1.82) is 0 Å². The summed E-state index contributed by atoms with van der Waals surface area (Å²) in [4.78, 5) is 12.7. The quantitative estimate of drug-likeness (QED) is 0.797. The van der Waals surface area contributed by atoms with Crippen LogP contribution in [0.3, 0.4) is 0 Å². The number of hydrogen-bond acceptors (Lipinski definition) is 3. The van der Waals surface area contributed by atoms with Crippen molar-refractivity contribution in [3.05, 3.63) is 35.6 Å². The fourth-order valence-corrected chi connectivity index (χ4v) is 1.67. The lowest BCUT2D eigenvalue weighted by Gasteiger charge is -2.27. The van der Waals surface area contributed by atoms with Gasteiger partial charge in [-0.3, -0.25) is 9.69 Å². The Labute approximate surface area is 106 Å². The molecule has 1 unspecified atom stereocenters. The van der Waals surface area contributed by atoms with Gasteiger partial charge in [0, 0.05) is 12.6 Å². The van der Waals surface area contributed by atoms with Crippen LogP contribution in [0.25, 0.3) is 0 Å². The number of carbonyl (C=O) groups excluding carboxylic acids is 1. The summed E-state index contributed by atoms with van der Waals surface area (Å²) in [6.07, 6.45) is -0.771. The molecule has 18 heavy (non-hydrogen) atoms. The molecule has 0 spiro atoms. The third kappa shape index (κ3) is 4.43. The van der Waals surface area contributed by atoms with Crippen LogP contribution in [0.4, 0.5) is 4.39 Å². The predicted molar refractivity (Wildman–Crippen MR) is 67.3 cm³/mol. The van der Waals surface area contributed by atoms with Crippen molar-refractivity contribution in [2.75, 3.05) is 13.1 Å². The van der Waals surface area contributed by atoms with Crippen LogP contribution in [0.5, 0.6) is 0 Å². The Morgan fingerprint density at radius 1 is 1.39 bits per heavy atom. The van der Waals surface area contributed by atoms with E-state index in [0.29, 0.717) is 5.56 Å². The van der Waals surface area contributed by atoms with E-state index < -0.39 is 12.0 Å². The average molecular weight is 254 g/mol. The molecule has 0 fully saturated rings. The Kier molecular flexibility index (Phi) is 5.25. The molecule has 1 atom stereocenters. The molecule has 1 rings (SSSR count). The number of primary amides is 1. The highest BCUT2D eigenvalue weighted by molar-refractivity contribution is 5.75. The van der Waals surface area contributed by atoms with Crippen molar-refractivity contribution >= 4 is 5.91 Å². The highest BCUT2D eigenvalue weighted by Crippen LogP contribution is 2.15. The number of carbonyl (C=O) groups is 1. The summed E-state index contributed by atoms with van der Waals surface area (Å²) in [6.45, 7) is 4.21. The Morgan fingerprint density at radius 2 is 1.94 bits per heavy atom. The molecule has 1 aromatic rings. The van der Waals surface area contributed by atoms with E-state index in [0.717, 1.165) is 0 Å². The smallest absolute Gasteiger partial charge is 0.231 e. The zero-order valence-corrected chi connectivity index (χ0v) is 10.6. The molecule has 0 saturated carbocycles. The number of halogens is 1. The lowest BCUT2D eigenvalue weighted by Crippen LogP contribution is -2.40. The van der Waals surface area contributed by atoms with E-state index in [4.69, 9.17) is 5.73 Å². The fraction of sp³-hybridized carbons (Fsp3) is 0.462. The van der Waals surface area contributed by atoms with Gasteiger partial charge in [0.05, 0.1) is 12.6 Å². The van der Waals surface area contributed by atoms with Gasteiger partial charge < -0.3 is 10.8 Å². The van der Waals surface area contributed by atoms with E-state index in [1.54, 1.807) is 4.90 Å². The minimum Gasteiger partial charge on any atom is -0.387 e. The maximum absolute atomic E-state index is 12.8. The van der Waals surface area contributed by atoms with Crippen molar-refractivity contribution in [3.63, 3.8) is 0 Å². The second kappa shape index (κ2) is 6.47. The molecule has 5 heteroatoms. The van der Waals surface area contributed by atoms with E-state index in [-0.39, 0.29) is 24.9 Å². The standard InChI is InChI=1S/C13H19FN2O2/c1-9(2)16(8-13(15)18)7-12(17)10-3-5-11(14)6-4-10/h3-6,9,12,17H,7-8H2,1-2H3,(H2,15,18). The topological polar surface area (TPSA) is 66.6 Å². The maximum Gasteiger partial charge on any atom is 0.231 e. The van der Waals surface area contributed by atoms with Crippen LogP contribution in [0.1, 0.15) is 25.5 Å². The monoisotopic (exact) mass is 254 g/mol. The second-order valence-electron chi connectivity index (χ2n) is 4.56. The first kappa shape index (κ1) is 14.6. The van der Waals surface area contributed by atoms with Gasteiger partial charge >= 0.3 is 0 Å². The average Bonchev–Trinajstić information content (AvgIpc) is 2.28. The maximum atomic E-state index is 12.8. The Hall–Kier alpha value is -1.46. The van der Waals surface area contributed by atoms with Gasteiger partial charge in [-0.05, 0) is 31.5 Å². The summed E-state index contributed by atoms with van der Waals surface area (Å²) in [7, 11) is 0. The number of nitrogens with zero attached hydrogens (tertiary/aromatic N) is 1. The molecule has 0 heterocycles. The summed E-state index contributed by atoms with van der Waals surface area (Å²) in [5.41, 5.74) is 5.77. The van der Waals surface area contributed by atoms with Crippen LogP contribution in [0, 0.1) is 5.82 Å².